The molecule has 1 saturated carbocycles. The Kier molecular flexibility index (Phi) is 15.3. The van der Waals surface area contributed by atoms with Crippen LogP contribution in [0.25, 0.3) is 33.4 Å². The Bertz CT molecular complexity index is 2990. The number of benzene rings is 1. The molecule has 3 amide bonds. The number of nitrogens with one attached hydrogen (secondary N) is 3. The molecule has 23 heteroatoms. The first-order chi connectivity index (χ1) is 38.4. The highest BCUT2D eigenvalue weighted by molar-refractivity contribution is 7.10. The van der Waals surface area contributed by atoms with Crippen LogP contribution in [0.1, 0.15) is 81.7 Å². The fourth-order valence-corrected chi connectivity index (χ4v) is 14.4. The van der Waals surface area contributed by atoms with Gasteiger partial charge in [-0.15, -0.1) is 11.3 Å². The third-order valence-corrected chi connectivity index (χ3v) is 18.7. The number of ether oxygens (including phenoxy) is 4. The number of hydrogen-bond donors (Lipinski definition) is 3. The number of alkyl halides is 3. The first kappa shape index (κ1) is 55.3. The number of thiazole rings is 1. The molecule has 0 radical (unpaired) electrons. The van der Waals surface area contributed by atoms with Crippen molar-refractivity contribution in [1.29, 1.82) is 0 Å². The number of aromatic nitrogens is 3. The summed E-state index contributed by atoms with van der Waals surface area (Å²) in [6, 6.07) is 4.89. The van der Waals surface area contributed by atoms with Crippen molar-refractivity contribution in [3.8, 4) is 22.5 Å². The van der Waals surface area contributed by atoms with Gasteiger partial charge in [0.2, 0.25) is 11.8 Å². The van der Waals surface area contributed by atoms with Gasteiger partial charge in [0.05, 0.1) is 97.7 Å². The number of morpholine rings is 2. The predicted molar refractivity (Wildman–Crippen MR) is 292 cm³/mol. The van der Waals surface area contributed by atoms with E-state index in [1.807, 2.05) is 43.2 Å². The largest absolute Gasteiger partial charge is 0.464 e. The van der Waals surface area contributed by atoms with E-state index in [1.54, 1.807) is 25.4 Å². The number of methoxy groups -OCH3 is 1. The lowest BCUT2D eigenvalue weighted by molar-refractivity contribution is -0.197. The number of hydrazine groups is 1. The Morgan fingerprint density at radius 1 is 1.01 bits per heavy atom. The SMILES string of the molecule is CO[C@@H](C)c1ncc(N2CCN3CCOC[C@@H]3C2)cc1-c1c2c3cc(ccc3n1CC(F)(F)F)-c1csc(n1)C[C@H](NC(=O)C(C1CCCC1)N1CCOC3(CN(C(=O)[C@H]4CN4)C3)C1)C(=O)N1CCC[C@H](N1)C(=O)OCC(C)(C)C2. The van der Waals surface area contributed by atoms with Crippen LogP contribution in [0.2, 0.25) is 0 Å². The average molecular weight is 1130 g/mol. The van der Waals surface area contributed by atoms with Crippen molar-refractivity contribution < 1.29 is 51.3 Å². The molecule has 80 heavy (non-hydrogen) atoms. The number of amides is 3. The van der Waals surface area contributed by atoms with Gasteiger partial charge in [0.1, 0.15) is 24.2 Å². The number of hydrogen-bond acceptors (Lipinski definition) is 16. The molecular formula is C57H74F3N11O8S. The molecule has 10 heterocycles. The van der Waals surface area contributed by atoms with E-state index in [1.165, 1.54) is 20.9 Å². The summed E-state index contributed by atoms with van der Waals surface area (Å²) >= 11 is 1.34. The lowest BCUT2D eigenvalue weighted by atomic mass is 9.84. The zero-order valence-electron chi connectivity index (χ0n) is 46.2. The molecule has 7 fully saturated rings. The minimum absolute atomic E-state index is 0.0413. The molecule has 6 bridgehead atoms. The quantitative estimate of drug-likeness (QED) is 0.146. The van der Waals surface area contributed by atoms with Crippen molar-refractivity contribution in [2.24, 2.45) is 11.3 Å². The highest BCUT2D eigenvalue weighted by Gasteiger charge is 2.53. The fraction of sp³-hybridized carbons (Fsp3) is 0.649. The van der Waals surface area contributed by atoms with Crippen LogP contribution in [0.5, 0.6) is 0 Å². The topological polar surface area (TPSA) is 198 Å². The number of rotatable bonds is 10. The lowest BCUT2D eigenvalue weighted by Crippen LogP contribution is -2.73. The molecule has 1 aromatic carbocycles. The summed E-state index contributed by atoms with van der Waals surface area (Å²) in [5.41, 5.74) is 6.14. The molecule has 3 aromatic heterocycles. The van der Waals surface area contributed by atoms with Crippen LogP contribution < -0.4 is 21.0 Å². The number of fused-ring (bicyclic) bond motifs is 7. The highest BCUT2D eigenvalue weighted by Crippen LogP contribution is 2.45. The zero-order chi connectivity index (χ0) is 55.7. The van der Waals surface area contributed by atoms with Crippen molar-refractivity contribution in [3.05, 3.63) is 52.1 Å². The van der Waals surface area contributed by atoms with Crippen molar-refractivity contribution in [2.75, 3.05) is 104 Å². The molecule has 7 aliphatic heterocycles. The summed E-state index contributed by atoms with van der Waals surface area (Å²) in [5, 5.41) is 10.8. The number of anilines is 1. The number of piperazine rings is 1. The molecule has 1 unspecified atom stereocenters. The number of esters is 1. The van der Waals surface area contributed by atoms with Gasteiger partial charge in [-0.05, 0) is 68.7 Å². The van der Waals surface area contributed by atoms with Crippen LogP contribution >= 0.6 is 11.3 Å². The van der Waals surface area contributed by atoms with E-state index in [-0.39, 0.29) is 49.3 Å². The van der Waals surface area contributed by atoms with E-state index < -0.39 is 59.8 Å². The maximum absolute atomic E-state index is 15.2. The smallest absolute Gasteiger partial charge is 0.406 e. The minimum Gasteiger partial charge on any atom is -0.464 e. The lowest BCUT2D eigenvalue weighted by Gasteiger charge is -2.55. The molecule has 1 spiro atoms. The molecule has 19 nitrogen and oxygen atoms in total. The second-order valence-corrected chi connectivity index (χ2v) is 25.2. The Morgan fingerprint density at radius 2 is 1.82 bits per heavy atom. The number of cyclic esters (lactones) is 1. The van der Waals surface area contributed by atoms with Crippen LogP contribution in [-0.2, 0) is 57.5 Å². The molecule has 3 N–H and O–H groups in total. The second-order valence-electron chi connectivity index (χ2n) is 24.3. The van der Waals surface area contributed by atoms with Gasteiger partial charge in [-0.3, -0.25) is 39.0 Å². The number of likely N-dealkylation sites (tertiary alicyclic amines) is 1. The predicted octanol–water partition coefficient (Wildman–Crippen LogP) is 4.71. The Hall–Kier alpha value is -5.27. The second kappa shape index (κ2) is 22.1. The van der Waals surface area contributed by atoms with Crippen LogP contribution in [0.3, 0.4) is 0 Å². The molecular weight excluding hydrogens is 1060 g/mol. The third kappa shape index (κ3) is 11.3. The van der Waals surface area contributed by atoms with E-state index >= 15 is 18.0 Å². The van der Waals surface area contributed by atoms with Gasteiger partial charge in [-0.2, -0.15) is 13.2 Å². The van der Waals surface area contributed by atoms with Gasteiger partial charge < -0.3 is 43.9 Å². The molecule has 8 aliphatic rings. The Balaban J connectivity index is 0.917. The molecule has 6 atom stereocenters. The van der Waals surface area contributed by atoms with Gasteiger partial charge in [0, 0.05) is 98.7 Å². The Labute approximate surface area is 468 Å². The van der Waals surface area contributed by atoms with E-state index in [0.29, 0.717) is 135 Å². The van der Waals surface area contributed by atoms with Crippen LogP contribution in [0.15, 0.2) is 35.8 Å². The fourth-order valence-electron chi connectivity index (χ4n) is 13.5. The number of pyridine rings is 1. The van der Waals surface area contributed by atoms with Crippen molar-refractivity contribution >= 4 is 51.6 Å². The Morgan fingerprint density at radius 3 is 2.60 bits per heavy atom. The first-order valence-corrected chi connectivity index (χ1v) is 29.5. The number of nitrogens with zero attached hydrogens (tertiary/aromatic N) is 8. The minimum atomic E-state index is -4.62. The van der Waals surface area contributed by atoms with Gasteiger partial charge in [-0.25, -0.2) is 10.4 Å². The molecule has 432 valence electrons. The number of carbonyl (C=O) groups excluding carboxylic acids is 4. The van der Waals surface area contributed by atoms with Crippen LogP contribution in [0.4, 0.5) is 18.9 Å². The molecule has 4 aromatic rings. The normalized spacial score (nSPS) is 26.6. The zero-order valence-corrected chi connectivity index (χ0v) is 47.0. The highest BCUT2D eigenvalue weighted by atomic mass is 32.1. The summed E-state index contributed by atoms with van der Waals surface area (Å²) < 4.78 is 71.2. The summed E-state index contributed by atoms with van der Waals surface area (Å²) in [5.74, 6) is -1.12. The summed E-state index contributed by atoms with van der Waals surface area (Å²) in [6.07, 6.45) is 1.42. The van der Waals surface area contributed by atoms with E-state index in [9.17, 15) is 14.4 Å². The van der Waals surface area contributed by atoms with Gasteiger partial charge in [0.15, 0.2) is 0 Å². The van der Waals surface area contributed by atoms with Crippen molar-refractivity contribution in [1.82, 2.24) is 50.3 Å². The van der Waals surface area contributed by atoms with E-state index in [0.717, 1.165) is 44.5 Å². The van der Waals surface area contributed by atoms with E-state index in [4.69, 9.17) is 28.9 Å². The van der Waals surface area contributed by atoms with Crippen LogP contribution in [-0.4, -0.2) is 199 Å². The summed E-state index contributed by atoms with van der Waals surface area (Å²) in [4.78, 5) is 76.0. The maximum atomic E-state index is 15.2. The monoisotopic (exact) mass is 1130 g/mol. The van der Waals surface area contributed by atoms with Gasteiger partial charge in [0.25, 0.3) is 5.91 Å². The van der Waals surface area contributed by atoms with Crippen molar-refractivity contribution in [2.45, 2.75) is 127 Å². The molecule has 1 aliphatic carbocycles. The average Bonchev–Trinajstić information content (AvgIpc) is 3.83. The van der Waals surface area contributed by atoms with E-state index in [2.05, 4.69) is 30.8 Å². The number of carbonyl (C=O) groups is 4. The van der Waals surface area contributed by atoms with Crippen molar-refractivity contribution in [3.63, 3.8) is 0 Å². The molecule has 6 saturated heterocycles. The standard InChI is InChI=1S/C57H74F3N11O8S/c1-34(76-4)48-40(21-37(24-62-48)67-15-14-66-16-18-77-27-38(66)26-67)50-41-23-55(2,3)33-78-54(75)42-10-7-13-71(65-42)53(74)43(22-47-63-45(28-80-47)36-11-12-46(39(41)20-36)70(50)32-57(58,59)60)64-51(72)49(35-8-5-6-9-35)68-17-19-79-56(29-68)30-69(31-56)52(73)44-25-61-44/h11-12,20-21,24,28,34-35,38,42-44,49,61,65H,5-10,13-19,22-23,25-27,29-33H2,1-4H3,(H,64,72)/t34-,38-,42-,43-,44+,49?/m0/s1. The summed E-state index contributed by atoms with van der Waals surface area (Å²) in [6.45, 7) is 11.9. The molecule has 12 rings (SSSR count). The van der Waals surface area contributed by atoms with Crippen LogP contribution in [0, 0.1) is 11.3 Å². The maximum Gasteiger partial charge on any atom is 0.406 e. The first-order valence-electron chi connectivity index (χ1n) is 28.6. The third-order valence-electron chi connectivity index (χ3n) is 17.8. The number of halogens is 3. The summed E-state index contributed by atoms with van der Waals surface area (Å²) in [7, 11) is 1.56. The van der Waals surface area contributed by atoms with Gasteiger partial charge >= 0.3 is 12.1 Å². The van der Waals surface area contributed by atoms with Gasteiger partial charge in [-0.1, -0.05) is 32.8 Å².